The standard InChI is InChI=1S/C27H34O4/c1-15-10-22-24(2,14-21(15)31)6-8-27(5)23-13-18(28)16-11-19(29)20(30)12-17(16)25(23,3)7-9-26(22,27)4/h11-13,15,22,29-30H,6-10,14H2,1-5H3. The van der Waals surface area contributed by atoms with Crippen molar-refractivity contribution in [2.45, 2.75) is 78.6 Å². The monoisotopic (exact) mass is 422 g/mol. The fourth-order valence-corrected chi connectivity index (χ4v) is 8.15. The van der Waals surface area contributed by atoms with Crippen molar-refractivity contribution in [2.75, 3.05) is 0 Å². The molecule has 31 heavy (non-hydrogen) atoms. The molecule has 0 aromatic heterocycles. The second-order valence-corrected chi connectivity index (χ2v) is 11.9. The van der Waals surface area contributed by atoms with Crippen molar-refractivity contribution in [3.8, 4) is 11.5 Å². The molecule has 0 aliphatic heterocycles. The zero-order valence-electron chi connectivity index (χ0n) is 19.3. The van der Waals surface area contributed by atoms with Crippen LogP contribution in [0.1, 0.15) is 89.1 Å². The molecule has 5 rings (SSSR count). The average molecular weight is 423 g/mol. The van der Waals surface area contributed by atoms with Gasteiger partial charge in [0.1, 0.15) is 5.78 Å². The summed E-state index contributed by atoms with van der Waals surface area (Å²) in [6.45, 7) is 11.4. The molecule has 2 N–H and O–H groups in total. The van der Waals surface area contributed by atoms with E-state index in [0.29, 0.717) is 23.7 Å². The number of ketones is 2. The Bertz CT molecular complexity index is 1050. The van der Waals surface area contributed by atoms with Gasteiger partial charge in [-0.05, 0) is 83.6 Å². The second kappa shape index (κ2) is 6.02. The Labute approximate surface area is 184 Å². The molecule has 4 aliphatic carbocycles. The Morgan fingerprint density at radius 2 is 1.61 bits per heavy atom. The van der Waals surface area contributed by atoms with Crippen molar-refractivity contribution in [3.63, 3.8) is 0 Å². The smallest absolute Gasteiger partial charge is 0.186 e. The zero-order valence-corrected chi connectivity index (χ0v) is 19.3. The number of phenolic OH excluding ortho intramolecular Hbond substituents is 2. The van der Waals surface area contributed by atoms with Crippen molar-refractivity contribution >= 4 is 11.6 Å². The first kappa shape index (κ1) is 20.8. The normalized spacial score (nSPS) is 44.0. The second-order valence-electron chi connectivity index (χ2n) is 11.9. The molecular formula is C27H34O4. The first-order valence-corrected chi connectivity index (χ1v) is 11.7. The van der Waals surface area contributed by atoms with E-state index in [9.17, 15) is 19.8 Å². The van der Waals surface area contributed by atoms with Crippen LogP contribution in [0.4, 0.5) is 0 Å². The largest absolute Gasteiger partial charge is 0.504 e. The summed E-state index contributed by atoms with van der Waals surface area (Å²) in [6, 6.07) is 3.03. The third-order valence-electron chi connectivity index (χ3n) is 10.4. The molecule has 0 heterocycles. The minimum Gasteiger partial charge on any atom is -0.504 e. The molecule has 0 amide bonds. The molecule has 4 aliphatic rings. The fourth-order valence-electron chi connectivity index (χ4n) is 8.15. The molecule has 6 atom stereocenters. The number of Topliss-reactive ketones (excluding diaryl/α,β-unsaturated/α-hetero) is 1. The number of carbonyl (C=O) groups is 2. The van der Waals surface area contributed by atoms with Gasteiger partial charge in [-0.2, -0.15) is 0 Å². The maximum atomic E-state index is 13.2. The molecule has 0 saturated heterocycles. The van der Waals surface area contributed by atoms with Gasteiger partial charge in [0, 0.05) is 23.3 Å². The number of aromatic hydroxyl groups is 2. The summed E-state index contributed by atoms with van der Waals surface area (Å²) in [5, 5.41) is 20.2. The molecule has 0 spiro atoms. The van der Waals surface area contributed by atoms with Gasteiger partial charge in [-0.1, -0.05) is 34.6 Å². The van der Waals surface area contributed by atoms with Gasteiger partial charge in [0.25, 0.3) is 0 Å². The van der Waals surface area contributed by atoms with Crippen LogP contribution in [-0.4, -0.2) is 21.8 Å². The predicted molar refractivity (Wildman–Crippen MR) is 119 cm³/mol. The third kappa shape index (κ3) is 2.42. The zero-order chi connectivity index (χ0) is 22.6. The van der Waals surface area contributed by atoms with E-state index in [0.717, 1.165) is 37.7 Å². The van der Waals surface area contributed by atoms with E-state index in [4.69, 9.17) is 0 Å². The molecule has 6 unspecified atom stereocenters. The molecule has 4 heteroatoms. The highest BCUT2D eigenvalue weighted by Crippen LogP contribution is 2.73. The number of hydrogen-bond donors (Lipinski definition) is 2. The van der Waals surface area contributed by atoms with Crippen molar-refractivity contribution in [3.05, 3.63) is 34.9 Å². The van der Waals surface area contributed by atoms with Gasteiger partial charge in [0.2, 0.25) is 0 Å². The minimum atomic E-state index is -0.341. The molecule has 1 aromatic carbocycles. The van der Waals surface area contributed by atoms with Gasteiger partial charge in [-0.3, -0.25) is 9.59 Å². The van der Waals surface area contributed by atoms with Crippen LogP contribution < -0.4 is 0 Å². The van der Waals surface area contributed by atoms with Crippen LogP contribution >= 0.6 is 0 Å². The maximum absolute atomic E-state index is 13.2. The van der Waals surface area contributed by atoms with Crippen LogP contribution in [-0.2, 0) is 10.2 Å². The van der Waals surface area contributed by atoms with Crippen LogP contribution in [0.3, 0.4) is 0 Å². The van der Waals surface area contributed by atoms with Gasteiger partial charge in [-0.25, -0.2) is 0 Å². The van der Waals surface area contributed by atoms with Gasteiger partial charge >= 0.3 is 0 Å². The number of carbonyl (C=O) groups excluding carboxylic acids is 2. The van der Waals surface area contributed by atoms with Gasteiger partial charge in [0.05, 0.1) is 0 Å². The number of rotatable bonds is 0. The molecule has 3 fully saturated rings. The van der Waals surface area contributed by atoms with E-state index < -0.39 is 0 Å². The van der Waals surface area contributed by atoms with Crippen LogP contribution in [0.15, 0.2) is 23.8 Å². The molecule has 0 bridgehead atoms. The van der Waals surface area contributed by atoms with Crippen molar-refractivity contribution in [2.24, 2.45) is 28.1 Å². The summed E-state index contributed by atoms with van der Waals surface area (Å²) < 4.78 is 0. The molecule has 3 saturated carbocycles. The lowest BCUT2D eigenvalue weighted by Gasteiger charge is -2.68. The third-order valence-corrected chi connectivity index (χ3v) is 10.4. The van der Waals surface area contributed by atoms with Crippen molar-refractivity contribution in [1.82, 2.24) is 0 Å². The lowest BCUT2D eigenvalue weighted by Crippen LogP contribution is -2.62. The molecule has 0 radical (unpaired) electrons. The van der Waals surface area contributed by atoms with Gasteiger partial charge in [0.15, 0.2) is 17.3 Å². The van der Waals surface area contributed by atoms with Crippen molar-refractivity contribution < 1.29 is 19.8 Å². The summed E-state index contributed by atoms with van der Waals surface area (Å²) in [5.41, 5.74) is 2.09. The highest BCUT2D eigenvalue weighted by molar-refractivity contribution is 6.09. The Hall–Kier alpha value is -2.10. The topological polar surface area (TPSA) is 74.6 Å². The number of benzene rings is 1. The molecule has 1 aromatic rings. The highest BCUT2D eigenvalue weighted by atomic mass is 16.3. The number of fused-ring (bicyclic) bond motifs is 7. The molecule has 166 valence electrons. The van der Waals surface area contributed by atoms with Crippen LogP contribution in [0.2, 0.25) is 0 Å². The predicted octanol–water partition coefficient (Wildman–Crippen LogP) is 5.70. The summed E-state index contributed by atoms with van der Waals surface area (Å²) in [7, 11) is 0. The van der Waals surface area contributed by atoms with Gasteiger partial charge < -0.3 is 10.2 Å². The lowest BCUT2D eigenvalue weighted by atomic mass is 9.35. The SMILES string of the molecule is CC1CC2C(C)(CCC3(C)C4=CC(=O)c5cc(O)c(O)cc5C4(C)CCC23C)CC1=O. The molecular weight excluding hydrogens is 388 g/mol. The quantitative estimate of drug-likeness (QED) is 0.526. The summed E-state index contributed by atoms with van der Waals surface area (Å²) in [6.07, 6.45) is 7.33. The fraction of sp³-hybridized carbons (Fsp3) is 0.630. The highest BCUT2D eigenvalue weighted by Gasteiger charge is 2.66. The number of phenols is 2. The van der Waals surface area contributed by atoms with Crippen molar-refractivity contribution in [1.29, 1.82) is 0 Å². The Kier molecular flexibility index (Phi) is 4.04. The van der Waals surface area contributed by atoms with E-state index in [1.165, 1.54) is 11.6 Å². The summed E-state index contributed by atoms with van der Waals surface area (Å²) >= 11 is 0. The summed E-state index contributed by atoms with van der Waals surface area (Å²) in [5.74, 6) is 0.471. The van der Waals surface area contributed by atoms with E-state index in [-0.39, 0.29) is 44.9 Å². The van der Waals surface area contributed by atoms with E-state index >= 15 is 0 Å². The Balaban J connectivity index is 1.66. The van der Waals surface area contributed by atoms with E-state index in [1.54, 1.807) is 6.07 Å². The van der Waals surface area contributed by atoms with Crippen LogP contribution in [0.5, 0.6) is 11.5 Å². The van der Waals surface area contributed by atoms with Crippen LogP contribution in [0, 0.1) is 28.1 Å². The van der Waals surface area contributed by atoms with E-state index in [1.807, 2.05) is 6.08 Å². The summed E-state index contributed by atoms with van der Waals surface area (Å²) in [4.78, 5) is 25.8. The molecule has 4 nitrogen and oxygen atoms in total. The van der Waals surface area contributed by atoms with Crippen LogP contribution in [0.25, 0.3) is 0 Å². The first-order chi connectivity index (χ1) is 14.4. The number of hydrogen-bond acceptors (Lipinski definition) is 4. The number of allylic oxidation sites excluding steroid dienone is 2. The van der Waals surface area contributed by atoms with E-state index in [2.05, 4.69) is 34.6 Å². The minimum absolute atomic E-state index is 0.0110. The van der Waals surface area contributed by atoms with Gasteiger partial charge in [-0.15, -0.1) is 0 Å². The maximum Gasteiger partial charge on any atom is 0.186 e. The Morgan fingerprint density at radius 3 is 2.32 bits per heavy atom. The average Bonchev–Trinajstić information content (AvgIpc) is 2.70. The first-order valence-electron chi connectivity index (χ1n) is 11.7. The lowest BCUT2D eigenvalue weighted by molar-refractivity contribution is -0.160. The Morgan fingerprint density at radius 1 is 0.935 bits per heavy atom.